The number of esters is 1. The molecule has 26 heavy (non-hydrogen) atoms. The van der Waals surface area contributed by atoms with Crippen LogP contribution in [0, 0.1) is 0 Å². The van der Waals surface area contributed by atoms with Gasteiger partial charge in [0, 0.05) is 18.4 Å². The molecule has 0 bridgehead atoms. The standard InChI is InChI=1S/C20H27NO5/c1-3-24-19(22)12-9-16-7-10-17(11-8-16)21-20(23)15(2)26-14-18-6-4-5-13-25-18/h7-12,15,18H,3-6,13-14H2,1-2H3,(H,21,23)/b12-9+. The van der Waals surface area contributed by atoms with Crippen LogP contribution in [0.1, 0.15) is 38.7 Å². The van der Waals surface area contributed by atoms with Crippen molar-refractivity contribution in [2.45, 2.75) is 45.3 Å². The Morgan fingerprint density at radius 1 is 1.31 bits per heavy atom. The van der Waals surface area contributed by atoms with Crippen molar-refractivity contribution >= 4 is 23.6 Å². The lowest BCUT2D eigenvalue weighted by molar-refractivity contribution is -0.137. The summed E-state index contributed by atoms with van der Waals surface area (Å²) in [6, 6.07) is 7.18. The lowest BCUT2D eigenvalue weighted by Crippen LogP contribution is -2.32. The highest BCUT2D eigenvalue weighted by atomic mass is 16.5. The van der Waals surface area contributed by atoms with E-state index in [1.165, 1.54) is 6.08 Å². The van der Waals surface area contributed by atoms with Crippen LogP contribution in [0.2, 0.25) is 0 Å². The van der Waals surface area contributed by atoms with Gasteiger partial charge in [-0.2, -0.15) is 0 Å². The van der Waals surface area contributed by atoms with Gasteiger partial charge >= 0.3 is 5.97 Å². The van der Waals surface area contributed by atoms with Gasteiger partial charge < -0.3 is 19.5 Å². The second-order valence-corrected chi connectivity index (χ2v) is 6.16. The third-order valence-electron chi connectivity index (χ3n) is 4.05. The normalized spacial score (nSPS) is 18.5. The van der Waals surface area contributed by atoms with Gasteiger partial charge in [-0.15, -0.1) is 0 Å². The van der Waals surface area contributed by atoms with Gasteiger partial charge in [0.05, 0.1) is 19.3 Å². The first kappa shape index (κ1) is 20.1. The summed E-state index contributed by atoms with van der Waals surface area (Å²) in [6.45, 7) is 5.05. The van der Waals surface area contributed by atoms with Gasteiger partial charge in [-0.05, 0) is 56.9 Å². The SMILES string of the molecule is CCOC(=O)/C=C/c1ccc(NC(=O)C(C)OCC2CCCCO2)cc1. The number of hydrogen-bond donors (Lipinski definition) is 1. The van der Waals surface area contributed by atoms with Crippen molar-refractivity contribution in [2.24, 2.45) is 0 Å². The third-order valence-corrected chi connectivity index (χ3v) is 4.05. The van der Waals surface area contributed by atoms with E-state index in [2.05, 4.69) is 5.32 Å². The number of benzene rings is 1. The van der Waals surface area contributed by atoms with Crippen LogP contribution in [-0.2, 0) is 23.8 Å². The van der Waals surface area contributed by atoms with Gasteiger partial charge in [-0.25, -0.2) is 4.79 Å². The monoisotopic (exact) mass is 361 g/mol. The van der Waals surface area contributed by atoms with E-state index in [1.807, 2.05) is 12.1 Å². The summed E-state index contributed by atoms with van der Waals surface area (Å²) in [5.74, 6) is -0.576. The highest BCUT2D eigenvalue weighted by molar-refractivity contribution is 5.94. The van der Waals surface area contributed by atoms with Crippen LogP contribution in [0.15, 0.2) is 30.3 Å². The van der Waals surface area contributed by atoms with Crippen LogP contribution in [0.3, 0.4) is 0 Å². The maximum absolute atomic E-state index is 12.2. The Morgan fingerprint density at radius 3 is 2.73 bits per heavy atom. The van der Waals surface area contributed by atoms with Gasteiger partial charge in [-0.1, -0.05) is 12.1 Å². The third kappa shape index (κ3) is 6.98. The fourth-order valence-electron chi connectivity index (χ4n) is 2.54. The first-order valence-electron chi connectivity index (χ1n) is 9.07. The van der Waals surface area contributed by atoms with Crippen LogP contribution >= 0.6 is 0 Å². The molecule has 2 rings (SSSR count). The Kier molecular flexibility index (Phi) is 8.31. The summed E-state index contributed by atoms with van der Waals surface area (Å²) in [4.78, 5) is 23.5. The van der Waals surface area contributed by atoms with Gasteiger partial charge in [0.25, 0.3) is 5.91 Å². The van der Waals surface area contributed by atoms with Crippen LogP contribution < -0.4 is 5.32 Å². The molecule has 0 spiro atoms. The summed E-state index contributed by atoms with van der Waals surface area (Å²) in [7, 11) is 0. The van der Waals surface area contributed by atoms with Crippen molar-refractivity contribution in [1.29, 1.82) is 0 Å². The minimum absolute atomic E-state index is 0.0875. The number of amides is 1. The van der Waals surface area contributed by atoms with Crippen molar-refractivity contribution < 1.29 is 23.8 Å². The van der Waals surface area contributed by atoms with E-state index >= 15 is 0 Å². The van der Waals surface area contributed by atoms with Crippen LogP contribution in [0.4, 0.5) is 5.69 Å². The van der Waals surface area contributed by atoms with Crippen molar-refractivity contribution in [3.63, 3.8) is 0 Å². The number of rotatable bonds is 8. The molecule has 142 valence electrons. The minimum atomic E-state index is -0.552. The highest BCUT2D eigenvalue weighted by Gasteiger charge is 2.18. The summed E-state index contributed by atoms with van der Waals surface area (Å²) >= 11 is 0. The lowest BCUT2D eigenvalue weighted by Gasteiger charge is -2.23. The topological polar surface area (TPSA) is 73.9 Å². The molecule has 2 unspecified atom stereocenters. The Balaban J connectivity index is 1.77. The second kappa shape index (κ2) is 10.7. The number of carbonyl (C=O) groups excluding carboxylic acids is 2. The molecule has 1 saturated heterocycles. The van der Waals surface area contributed by atoms with E-state index < -0.39 is 6.10 Å². The smallest absolute Gasteiger partial charge is 0.330 e. The average molecular weight is 361 g/mol. The fraction of sp³-hybridized carbons (Fsp3) is 0.500. The van der Waals surface area contributed by atoms with Gasteiger partial charge in [0.2, 0.25) is 0 Å². The molecule has 0 saturated carbocycles. The molecular formula is C20H27NO5. The first-order chi connectivity index (χ1) is 12.6. The summed E-state index contributed by atoms with van der Waals surface area (Å²) in [5, 5.41) is 2.82. The molecule has 1 aliphatic rings. The van der Waals surface area contributed by atoms with E-state index in [1.54, 1.807) is 32.1 Å². The van der Waals surface area contributed by atoms with Crippen molar-refractivity contribution in [3.05, 3.63) is 35.9 Å². The first-order valence-corrected chi connectivity index (χ1v) is 9.07. The number of carbonyl (C=O) groups is 2. The maximum Gasteiger partial charge on any atom is 0.330 e. The number of nitrogens with one attached hydrogen (secondary N) is 1. The van der Waals surface area contributed by atoms with Crippen LogP contribution in [-0.4, -0.2) is 43.9 Å². The largest absolute Gasteiger partial charge is 0.463 e. The van der Waals surface area contributed by atoms with E-state index in [9.17, 15) is 9.59 Å². The molecule has 1 aromatic carbocycles. The zero-order valence-corrected chi connectivity index (χ0v) is 15.4. The molecule has 0 radical (unpaired) electrons. The zero-order valence-electron chi connectivity index (χ0n) is 15.4. The Bertz CT molecular complexity index is 605. The quantitative estimate of drug-likeness (QED) is 0.569. The number of anilines is 1. The summed E-state index contributed by atoms with van der Waals surface area (Å²) < 4.78 is 16.1. The summed E-state index contributed by atoms with van der Waals surface area (Å²) in [6.07, 6.45) is 5.80. The Hall–Kier alpha value is -2.18. The molecule has 1 aliphatic heterocycles. The molecule has 1 heterocycles. The van der Waals surface area contributed by atoms with Crippen molar-refractivity contribution in [1.82, 2.24) is 0 Å². The molecule has 1 amide bonds. The van der Waals surface area contributed by atoms with E-state index in [4.69, 9.17) is 14.2 Å². The van der Waals surface area contributed by atoms with Crippen molar-refractivity contribution in [3.8, 4) is 0 Å². The lowest BCUT2D eigenvalue weighted by atomic mass is 10.1. The van der Waals surface area contributed by atoms with Gasteiger partial charge in [0.15, 0.2) is 0 Å². The predicted octanol–water partition coefficient (Wildman–Crippen LogP) is 3.18. The average Bonchev–Trinajstić information content (AvgIpc) is 2.66. The van der Waals surface area contributed by atoms with Crippen LogP contribution in [0.25, 0.3) is 6.08 Å². The van der Waals surface area contributed by atoms with E-state index in [-0.39, 0.29) is 18.0 Å². The molecule has 1 fully saturated rings. The van der Waals surface area contributed by atoms with Gasteiger partial charge in [-0.3, -0.25) is 4.79 Å². The highest BCUT2D eigenvalue weighted by Crippen LogP contribution is 2.15. The molecule has 6 nitrogen and oxygen atoms in total. The van der Waals surface area contributed by atoms with Crippen LogP contribution in [0.5, 0.6) is 0 Å². The number of ether oxygens (including phenoxy) is 3. The molecule has 0 aliphatic carbocycles. The second-order valence-electron chi connectivity index (χ2n) is 6.16. The summed E-state index contributed by atoms with van der Waals surface area (Å²) in [5.41, 5.74) is 1.52. The van der Waals surface area contributed by atoms with E-state index in [0.29, 0.717) is 18.9 Å². The maximum atomic E-state index is 12.2. The molecule has 1 aromatic rings. The predicted molar refractivity (Wildman–Crippen MR) is 99.7 cm³/mol. The Morgan fingerprint density at radius 2 is 2.08 bits per heavy atom. The molecule has 0 aromatic heterocycles. The molecular weight excluding hydrogens is 334 g/mol. The molecule has 6 heteroatoms. The van der Waals surface area contributed by atoms with Crippen molar-refractivity contribution in [2.75, 3.05) is 25.1 Å². The molecule has 2 atom stereocenters. The minimum Gasteiger partial charge on any atom is -0.463 e. The zero-order chi connectivity index (χ0) is 18.8. The Labute approximate surface area is 154 Å². The number of hydrogen-bond acceptors (Lipinski definition) is 5. The molecule has 1 N–H and O–H groups in total. The van der Waals surface area contributed by atoms with Gasteiger partial charge in [0.1, 0.15) is 6.10 Å². The van der Waals surface area contributed by atoms with E-state index in [0.717, 1.165) is 31.4 Å². The fourth-order valence-corrected chi connectivity index (χ4v) is 2.54.